The van der Waals surface area contributed by atoms with Crippen LogP contribution in [-0.4, -0.2) is 35.2 Å². The Labute approximate surface area is 112 Å². The van der Waals surface area contributed by atoms with Gasteiger partial charge in [0.15, 0.2) is 0 Å². The van der Waals surface area contributed by atoms with Crippen LogP contribution < -0.4 is 10.5 Å². The van der Waals surface area contributed by atoms with E-state index in [1.165, 1.54) is 7.11 Å². The number of nitrogens with zero attached hydrogens (tertiary/aromatic N) is 2. The van der Waals surface area contributed by atoms with Crippen molar-refractivity contribution in [3.8, 4) is 5.88 Å². The molecule has 1 aromatic heterocycles. The first-order valence-corrected chi connectivity index (χ1v) is 6.44. The van der Waals surface area contributed by atoms with Gasteiger partial charge in [-0.25, -0.2) is 9.78 Å². The van der Waals surface area contributed by atoms with E-state index < -0.39 is 5.97 Å². The summed E-state index contributed by atoms with van der Waals surface area (Å²) in [6, 6.07) is 2.00. The fraction of sp³-hybridized carbons (Fsp3) is 0.615. The summed E-state index contributed by atoms with van der Waals surface area (Å²) < 4.78 is 10.4. The molecule has 6 heteroatoms. The molecule has 0 unspecified atom stereocenters. The lowest BCUT2D eigenvalue weighted by atomic mass is 9.94. The molecule has 2 rings (SSSR count). The van der Waals surface area contributed by atoms with Gasteiger partial charge in [-0.2, -0.15) is 4.98 Å². The number of aromatic nitrogens is 2. The van der Waals surface area contributed by atoms with Crippen LogP contribution in [-0.2, 0) is 4.74 Å². The standard InChI is InChI=1S/C13H19N3O3/c1-8-7-11(16-12(15-8)13(17)18-2)19-10-5-3-9(14)4-6-10/h7,9-10H,3-6,14H2,1-2H3. The first kappa shape index (κ1) is 13.7. The van der Waals surface area contributed by atoms with E-state index in [2.05, 4.69) is 14.7 Å². The van der Waals surface area contributed by atoms with Crippen LogP contribution >= 0.6 is 0 Å². The van der Waals surface area contributed by atoms with Gasteiger partial charge >= 0.3 is 5.97 Å². The first-order valence-electron chi connectivity index (χ1n) is 6.44. The number of hydrogen-bond acceptors (Lipinski definition) is 6. The molecule has 0 atom stereocenters. The SMILES string of the molecule is COC(=O)c1nc(C)cc(OC2CCC(N)CC2)n1. The largest absolute Gasteiger partial charge is 0.474 e. The number of carbonyl (C=O) groups excluding carboxylic acids is 1. The summed E-state index contributed by atoms with van der Waals surface area (Å²) in [5.41, 5.74) is 6.53. The molecule has 0 radical (unpaired) electrons. The molecule has 1 aromatic rings. The van der Waals surface area contributed by atoms with Gasteiger partial charge in [0.1, 0.15) is 6.10 Å². The minimum absolute atomic E-state index is 0.0324. The Morgan fingerprint density at radius 1 is 1.32 bits per heavy atom. The van der Waals surface area contributed by atoms with Crippen LogP contribution in [0.25, 0.3) is 0 Å². The highest BCUT2D eigenvalue weighted by atomic mass is 16.5. The van der Waals surface area contributed by atoms with Gasteiger partial charge in [-0.15, -0.1) is 0 Å². The van der Waals surface area contributed by atoms with Gasteiger partial charge in [-0.1, -0.05) is 0 Å². The normalized spacial score (nSPS) is 22.9. The molecule has 19 heavy (non-hydrogen) atoms. The lowest BCUT2D eigenvalue weighted by Crippen LogP contribution is -2.32. The van der Waals surface area contributed by atoms with Crippen LogP contribution in [0.2, 0.25) is 0 Å². The lowest BCUT2D eigenvalue weighted by Gasteiger charge is -2.26. The topological polar surface area (TPSA) is 87.3 Å². The summed E-state index contributed by atoms with van der Waals surface area (Å²) in [5.74, 6) is -0.0994. The van der Waals surface area contributed by atoms with Crippen molar-refractivity contribution in [2.75, 3.05) is 7.11 Å². The fourth-order valence-electron chi connectivity index (χ4n) is 2.16. The zero-order valence-corrected chi connectivity index (χ0v) is 11.3. The monoisotopic (exact) mass is 265 g/mol. The summed E-state index contributed by atoms with van der Waals surface area (Å²) in [7, 11) is 1.30. The molecule has 0 aliphatic heterocycles. The first-order chi connectivity index (χ1) is 9.08. The van der Waals surface area contributed by atoms with Gasteiger partial charge in [-0.05, 0) is 32.6 Å². The third-order valence-corrected chi connectivity index (χ3v) is 3.20. The maximum atomic E-state index is 11.4. The Morgan fingerprint density at radius 2 is 2.00 bits per heavy atom. The van der Waals surface area contributed by atoms with Gasteiger partial charge in [0.05, 0.1) is 7.11 Å². The van der Waals surface area contributed by atoms with E-state index in [9.17, 15) is 4.79 Å². The van der Waals surface area contributed by atoms with Crippen LogP contribution in [0.4, 0.5) is 0 Å². The van der Waals surface area contributed by atoms with Crippen molar-refractivity contribution in [3.05, 3.63) is 17.6 Å². The van der Waals surface area contributed by atoms with Crippen molar-refractivity contribution >= 4 is 5.97 Å². The number of rotatable bonds is 3. The number of ether oxygens (including phenoxy) is 2. The molecular formula is C13H19N3O3. The maximum absolute atomic E-state index is 11.4. The van der Waals surface area contributed by atoms with E-state index in [4.69, 9.17) is 10.5 Å². The number of methoxy groups -OCH3 is 1. The Kier molecular flexibility index (Phi) is 4.31. The number of nitrogens with two attached hydrogens (primary N) is 1. The Balaban J connectivity index is 2.07. The zero-order valence-electron chi connectivity index (χ0n) is 11.3. The number of aryl methyl sites for hydroxylation is 1. The van der Waals surface area contributed by atoms with E-state index >= 15 is 0 Å². The Hall–Kier alpha value is -1.69. The average Bonchev–Trinajstić information content (AvgIpc) is 2.40. The molecule has 0 amide bonds. The molecule has 1 saturated carbocycles. The van der Waals surface area contributed by atoms with E-state index in [1.54, 1.807) is 13.0 Å². The second-order valence-corrected chi connectivity index (χ2v) is 4.82. The van der Waals surface area contributed by atoms with Gasteiger partial charge in [0.25, 0.3) is 0 Å². The predicted molar refractivity (Wildman–Crippen MR) is 69.0 cm³/mol. The summed E-state index contributed by atoms with van der Waals surface area (Å²) in [5, 5.41) is 0. The van der Waals surface area contributed by atoms with E-state index in [-0.39, 0.29) is 18.0 Å². The van der Waals surface area contributed by atoms with Crippen LogP contribution in [0.15, 0.2) is 6.07 Å². The van der Waals surface area contributed by atoms with E-state index in [0.29, 0.717) is 11.6 Å². The third kappa shape index (κ3) is 3.64. The zero-order chi connectivity index (χ0) is 13.8. The maximum Gasteiger partial charge on any atom is 0.376 e. The van der Waals surface area contributed by atoms with Crippen LogP contribution in [0, 0.1) is 6.92 Å². The molecule has 1 fully saturated rings. The summed E-state index contributed by atoms with van der Waals surface area (Å²) in [6.45, 7) is 1.79. The Bertz CT molecular complexity index is 456. The van der Waals surface area contributed by atoms with Gasteiger partial charge in [0.2, 0.25) is 11.7 Å². The third-order valence-electron chi connectivity index (χ3n) is 3.20. The fourth-order valence-corrected chi connectivity index (χ4v) is 2.16. The molecular weight excluding hydrogens is 246 g/mol. The van der Waals surface area contributed by atoms with Crippen molar-refractivity contribution in [1.82, 2.24) is 9.97 Å². The number of hydrogen-bond donors (Lipinski definition) is 1. The van der Waals surface area contributed by atoms with Crippen molar-refractivity contribution in [3.63, 3.8) is 0 Å². The van der Waals surface area contributed by atoms with E-state index in [0.717, 1.165) is 25.7 Å². The van der Waals surface area contributed by atoms with Crippen LogP contribution in [0.3, 0.4) is 0 Å². The number of esters is 1. The van der Waals surface area contributed by atoms with Gasteiger partial charge < -0.3 is 15.2 Å². The average molecular weight is 265 g/mol. The van der Waals surface area contributed by atoms with Crippen molar-refractivity contribution in [2.24, 2.45) is 5.73 Å². The van der Waals surface area contributed by atoms with E-state index in [1.807, 2.05) is 0 Å². The summed E-state index contributed by atoms with van der Waals surface area (Å²) >= 11 is 0. The lowest BCUT2D eigenvalue weighted by molar-refractivity contribution is 0.0582. The molecule has 0 bridgehead atoms. The highest BCUT2D eigenvalue weighted by Gasteiger charge is 2.21. The minimum Gasteiger partial charge on any atom is -0.474 e. The summed E-state index contributed by atoms with van der Waals surface area (Å²) in [6.07, 6.45) is 3.85. The van der Waals surface area contributed by atoms with Gasteiger partial charge in [-0.3, -0.25) is 0 Å². The quantitative estimate of drug-likeness (QED) is 0.827. The second-order valence-electron chi connectivity index (χ2n) is 4.82. The number of carbonyl (C=O) groups is 1. The molecule has 2 N–H and O–H groups in total. The molecule has 0 aromatic carbocycles. The Morgan fingerprint density at radius 3 is 2.63 bits per heavy atom. The minimum atomic E-state index is -0.556. The molecule has 0 spiro atoms. The van der Waals surface area contributed by atoms with Crippen LogP contribution in [0.5, 0.6) is 5.88 Å². The summed E-state index contributed by atoms with van der Waals surface area (Å²) in [4.78, 5) is 19.5. The molecule has 0 saturated heterocycles. The van der Waals surface area contributed by atoms with Crippen molar-refractivity contribution < 1.29 is 14.3 Å². The predicted octanol–water partition coefficient (Wildman–Crippen LogP) is 1.22. The van der Waals surface area contributed by atoms with Crippen molar-refractivity contribution in [2.45, 2.75) is 44.8 Å². The van der Waals surface area contributed by atoms with Crippen LogP contribution in [0.1, 0.15) is 42.0 Å². The molecule has 1 aliphatic rings. The molecule has 104 valence electrons. The van der Waals surface area contributed by atoms with Crippen molar-refractivity contribution in [1.29, 1.82) is 0 Å². The smallest absolute Gasteiger partial charge is 0.376 e. The second kappa shape index (κ2) is 5.97. The molecule has 1 heterocycles. The van der Waals surface area contributed by atoms with Gasteiger partial charge in [0, 0.05) is 17.8 Å². The highest BCUT2D eigenvalue weighted by Crippen LogP contribution is 2.22. The molecule has 6 nitrogen and oxygen atoms in total. The highest BCUT2D eigenvalue weighted by molar-refractivity contribution is 5.85. The molecule has 1 aliphatic carbocycles.